The maximum atomic E-state index is 12.2. The van der Waals surface area contributed by atoms with E-state index in [0.717, 1.165) is 12.0 Å². The Morgan fingerprint density at radius 3 is 2.72 bits per heavy atom. The molecule has 6 nitrogen and oxygen atoms in total. The van der Waals surface area contributed by atoms with Gasteiger partial charge >= 0.3 is 0 Å². The predicted octanol–water partition coefficient (Wildman–Crippen LogP) is 2.75. The second kappa shape index (κ2) is 7.91. The lowest BCUT2D eigenvalue weighted by atomic mass is 9.86. The smallest absolute Gasteiger partial charge is 0.230 e. The topological polar surface area (TPSA) is 85.8 Å². The molecule has 2 aromatic rings. The Morgan fingerprint density at radius 1 is 1.28 bits per heavy atom. The summed E-state index contributed by atoms with van der Waals surface area (Å²) in [7, 11) is 0. The summed E-state index contributed by atoms with van der Waals surface area (Å²) in [5.41, 5.74) is 2.09. The van der Waals surface area contributed by atoms with Crippen molar-refractivity contribution in [2.45, 2.75) is 50.7 Å². The van der Waals surface area contributed by atoms with Gasteiger partial charge in [-0.25, -0.2) is 4.68 Å². The minimum atomic E-state index is 0.0311. The summed E-state index contributed by atoms with van der Waals surface area (Å²) < 4.78 is 1.45. The predicted molar refractivity (Wildman–Crippen MR) is 101 cm³/mol. The molecule has 1 heterocycles. The van der Waals surface area contributed by atoms with Gasteiger partial charge in [0.25, 0.3) is 0 Å². The van der Waals surface area contributed by atoms with Gasteiger partial charge in [-0.15, -0.1) is 10.2 Å². The number of nitrogens with one attached hydrogen (secondary N) is 1. The first kappa shape index (κ1) is 17.8. The molecule has 1 aliphatic rings. The fourth-order valence-electron chi connectivity index (χ4n) is 3.18. The molecule has 1 fully saturated rings. The van der Waals surface area contributed by atoms with Crippen molar-refractivity contribution >= 4 is 17.7 Å². The molecule has 3 rings (SSSR count). The van der Waals surface area contributed by atoms with Crippen LogP contribution in [0.3, 0.4) is 0 Å². The van der Waals surface area contributed by atoms with Crippen LogP contribution in [0.15, 0.2) is 29.4 Å². The fraction of sp³-hybridized carbons (Fsp3) is 0.500. The van der Waals surface area contributed by atoms with Crippen LogP contribution in [0.25, 0.3) is 11.4 Å². The monoisotopic (exact) mass is 359 g/mol. The van der Waals surface area contributed by atoms with Crippen molar-refractivity contribution in [3.05, 3.63) is 29.8 Å². The summed E-state index contributed by atoms with van der Waals surface area (Å²) in [6.07, 6.45) is 4.72. The van der Waals surface area contributed by atoms with E-state index in [-0.39, 0.29) is 5.91 Å². The number of carbonyl (C=O) groups is 1. The van der Waals surface area contributed by atoms with Gasteiger partial charge in [-0.2, -0.15) is 0 Å². The molecule has 134 valence electrons. The molecule has 3 N–H and O–H groups in total. The van der Waals surface area contributed by atoms with Crippen LogP contribution < -0.4 is 11.2 Å². The highest BCUT2D eigenvalue weighted by molar-refractivity contribution is 7.99. The fourth-order valence-corrected chi connectivity index (χ4v) is 3.85. The highest BCUT2D eigenvalue weighted by Gasteiger charge is 2.23. The maximum absolute atomic E-state index is 12.2. The number of rotatable bonds is 5. The number of carbonyl (C=O) groups excluding carboxylic acids is 1. The third kappa shape index (κ3) is 4.34. The molecular weight excluding hydrogens is 334 g/mol. The Hall–Kier alpha value is -2.02. The first-order chi connectivity index (χ1) is 12.0. The minimum absolute atomic E-state index is 0.0311. The number of aryl methyl sites for hydroxylation is 1. The molecule has 1 aromatic heterocycles. The van der Waals surface area contributed by atoms with Crippen molar-refractivity contribution in [3.63, 3.8) is 0 Å². The number of nitrogens with zero attached hydrogens (tertiary/aromatic N) is 3. The van der Waals surface area contributed by atoms with Gasteiger partial charge in [0, 0.05) is 11.6 Å². The van der Waals surface area contributed by atoms with Crippen molar-refractivity contribution in [3.8, 4) is 11.4 Å². The second-order valence-corrected chi connectivity index (χ2v) is 7.71. The number of nitrogens with two attached hydrogens (primary N) is 1. The highest BCUT2D eigenvalue weighted by atomic mass is 32.2. The van der Waals surface area contributed by atoms with Gasteiger partial charge in [-0.05, 0) is 25.7 Å². The van der Waals surface area contributed by atoms with Crippen LogP contribution in [-0.2, 0) is 4.79 Å². The van der Waals surface area contributed by atoms with E-state index in [9.17, 15) is 4.79 Å². The molecule has 1 aromatic carbocycles. The van der Waals surface area contributed by atoms with Crippen molar-refractivity contribution in [1.29, 1.82) is 0 Å². The standard InChI is InChI=1S/C18H25N5OS/c1-12-7-9-14(10-8-12)17-21-22-18(23(17)19)25-11-16(24)20-15-6-4-3-5-13(15)2/h7-10,13,15H,3-6,11,19H2,1-2H3,(H,20,24)/t13-,15-/m0/s1. The zero-order valence-corrected chi connectivity index (χ0v) is 15.6. The van der Waals surface area contributed by atoms with Gasteiger partial charge in [0.1, 0.15) is 0 Å². The zero-order valence-electron chi connectivity index (χ0n) is 14.7. The third-order valence-electron chi connectivity index (χ3n) is 4.76. The lowest BCUT2D eigenvalue weighted by Gasteiger charge is -2.29. The minimum Gasteiger partial charge on any atom is -0.352 e. The van der Waals surface area contributed by atoms with E-state index in [1.807, 2.05) is 31.2 Å². The molecule has 2 atom stereocenters. The summed E-state index contributed by atoms with van der Waals surface area (Å²) in [5, 5.41) is 12.0. The van der Waals surface area contributed by atoms with Crippen molar-refractivity contribution in [1.82, 2.24) is 20.2 Å². The number of hydrogen-bond acceptors (Lipinski definition) is 5. The number of thioether (sulfide) groups is 1. The Labute approximate surface area is 152 Å². The number of nitrogen functional groups attached to an aromatic ring is 1. The number of hydrogen-bond donors (Lipinski definition) is 2. The SMILES string of the molecule is Cc1ccc(-c2nnc(SCC(=O)N[C@H]3CCCC[C@@H]3C)n2N)cc1. The van der Waals surface area contributed by atoms with Gasteiger partial charge in [-0.3, -0.25) is 4.79 Å². The van der Waals surface area contributed by atoms with Crippen molar-refractivity contribution < 1.29 is 4.79 Å². The molecule has 0 radical (unpaired) electrons. The molecule has 0 bridgehead atoms. The Kier molecular flexibility index (Phi) is 5.63. The van der Waals surface area contributed by atoms with E-state index in [1.165, 1.54) is 41.3 Å². The van der Waals surface area contributed by atoms with E-state index in [4.69, 9.17) is 5.84 Å². The normalized spacial score (nSPS) is 20.4. The van der Waals surface area contributed by atoms with Gasteiger partial charge < -0.3 is 11.2 Å². The van der Waals surface area contributed by atoms with E-state index < -0.39 is 0 Å². The van der Waals surface area contributed by atoms with Crippen LogP contribution >= 0.6 is 11.8 Å². The molecule has 0 unspecified atom stereocenters. The lowest BCUT2D eigenvalue weighted by molar-refractivity contribution is -0.119. The van der Waals surface area contributed by atoms with Crippen LogP contribution in [0.1, 0.15) is 38.2 Å². The molecule has 1 aliphatic carbocycles. The third-order valence-corrected chi connectivity index (χ3v) is 5.71. The zero-order chi connectivity index (χ0) is 17.8. The molecule has 7 heteroatoms. The summed E-state index contributed by atoms with van der Waals surface area (Å²) in [6, 6.07) is 8.24. The molecule has 0 aliphatic heterocycles. The molecule has 1 saturated carbocycles. The van der Waals surface area contributed by atoms with E-state index in [1.54, 1.807) is 0 Å². The summed E-state index contributed by atoms with van der Waals surface area (Å²) in [6.45, 7) is 4.24. The van der Waals surface area contributed by atoms with Crippen LogP contribution in [-0.4, -0.2) is 32.6 Å². The van der Waals surface area contributed by atoms with Crippen molar-refractivity contribution in [2.24, 2.45) is 5.92 Å². The molecular formula is C18H25N5OS. The maximum Gasteiger partial charge on any atom is 0.230 e. The highest BCUT2D eigenvalue weighted by Crippen LogP contribution is 2.25. The Bertz CT molecular complexity index is 728. The van der Waals surface area contributed by atoms with E-state index in [2.05, 4.69) is 22.4 Å². The first-order valence-corrected chi connectivity index (χ1v) is 9.73. The van der Waals surface area contributed by atoms with E-state index >= 15 is 0 Å². The Morgan fingerprint density at radius 2 is 2.00 bits per heavy atom. The average Bonchev–Trinajstić information content (AvgIpc) is 2.97. The summed E-state index contributed by atoms with van der Waals surface area (Å²) in [5.74, 6) is 7.59. The Balaban J connectivity index is 1.58. The number of amides is 1. The summed E-state index contributed by atoms with van der Waals surface area (Å²) >= 11 is 1.32. The number of benzene rings is 1. The average molecular weight is 359 g/mol. The molecule has 0 spiro atoms. The van der Waals surface area contributed by atoms with Gasteiger partial charge in [0.05, 0.1) is 5.75 Å². The molecule has 0 saturated heterocycles. The lowest BCUT2D eigenvalue weighted by Crippen LogP contribution is -2.41. The molecule has 25 heavy (non-hydrogen) atoms. The number of aromatic nitrogens is 3. The molecule has 1 amide bonds. The van der Waals surface area contributed by atoms with Gasteiger partial charge in [0.15, 0.2) is 5.82 Å². The van der Waals surface area contributed by atoms with Crippen LogP contribution in [0.4, 0.5) is 0 Å². The van der Waals surface area contributed by atoms with Gasteiger partial charge in [-0.1, -0.05) is 61.4 Å². The van der Waals surface area contributed by atoms with Crippen molar-refractivity contribution in [2.75, 3.05) is 11.6 Å². The van der Waals surface area contributed by atoms with Crippen LogP contribution in [0, 0.1) is 12.8 Å². The summed E-state index contributed by atoms with van der Waals surface area (Å²) in [4.78, 5) is 12.2. The van der Waals surface area contributed by atoms with Gasteiger partial charge in [0.2, 0.25) is 11.1 Å². The van der Waals surface area contributed by atoms with Crippen LogP contribution in [0.5, 0.6) is 0 Å². The second-order valence-electron chi connectivity index (χ2n) is 6.77. The quantitative estimate of drug-likeness (QED) is 0.633. The largest absolute Gasteiger partial charge is 0.352 e. The first-order valence-electron chi connectivity index (χ1n) is 8.74. The van der Waals surface area contributed by atoms with E-state index in [0.29, 0.717) is 28.7 Å². The van der Waals surface area contributed by atoms with Crippen LogP contribution in [0.2, 0.25) is 0 Å².